The van der Waals surface area contributed by atoms with Crippen molar-refractivity contribution in [3.8, 4) is 5.75 Å². The lowest BCUT2D eigenvalue weighted by Gasteiger charge is -2.20. The zero-order chi connectivity index (χ0) is 16.2. The Morgan fingerprint density at radius 1 is 1.24 bits per heavy atom. The fourth-order valence-corrected chi connectivity index (χ4v) is 1.45. The molecule has 0 bridgehead atoms. The van der Waals surface area contributed by atoms with Gasteiger partial charge in [-0.15, -0.1) is 0 Å². The highest BCUT2D eigenvalue weighted by Crippen LogP contribution is 2.23. The van der Waals surface area contributed by atoms with E-state index >= 15 is 0 Å². The van der Waals surface area contributed by atoms with Gasteiger partial charge in [0.1, 0.15) is 11.4 Å². The highest BCUT2D eigenvalue weighted by Gasteiger charge is 2.16. The van der Waals surface area contributed by atoms with Crippen LogP contribution >= 0.6 is 0 Å². The fraction of sp³-hybridized carbons (Fsp3) is 0.375. The fourth-order valence-electron chi connectivity index (χ4n) is 1.45. The molecule has 0 saturated heterocycles. The number of carbonyl (C=O) groups is 2. The molecule has 0 spiro atoms. The molecule has 1 rings (SSSR count). The average Bonchev–Trinajstić information content (AvgIpc) is 2.29. The molecule has 0 aliphatic carbocycles. The topological polar surface area (TPSA) is 64.6 Å². The Bertz CT molecular complexity index is 570. The van der Waals surface area contributed by atoms with Crippen LogP contribution in [0.2, 0.25) is 0 Å². The van der Waals surface area contributed by atoms with Crippen molar-refractivity contribution >= 4 is 17.7 Å². The van der Waals surface area contributed by atoms with E-state index in [1.54, 1.807) is 52.8 Å². The van der Waals surface area contributed by atoms with E-state index in [9.17, 15) is 9.59 Å². The Labute approximate surface area is 124 Å². The third-order valence-corrected chi connectivity index (χ3v) is 2.37. The second kappa shape index (κ2) is 6.43. The van der Waals surface area contributed by atoms with Crippen LogP contribution in [0.1, 0.15) is 33.3 Å². The minimum absolute atomic E-state index is 0.324. The van der Waals surface area contributed by atoms with E-state index in [2.05, 4.69) is 11.9 Å². The number of ether oxygens (including phenoxy) is 2. The van der Waals surface area contributed by atoms with Crippen molar-refractivity contribution < 1.29 is 19.1 Å². The van der Waals surface area contributed by atoms with E-state index in [1.807, 2.05) is 0 Å². The van der Waals surface area contributed by atoms with Crippen molar-refractivity contribution in [3.05, 3.63) is 35.9 Å². The van der Waals surface area contributed by atoms with Gasteiger partial charge in [0.05, 0.1) is 0 Å². The molecule has 5 heteroatoms. The number of rotatable bonds is 3. The van der Waals surface area contributed by atoms with Crippen molar-refractivity contribution in [1.29, 1.82) is 0 Å². The molecular weight excluding hydrogens is 270 g/mol. The van der Waals surface area contributed by atoms with Crippen molar-refractivity contribution in [2.75, 3.05) is 5.32 Å². The number of aryl methyl sites for hydroxylation is 1. The summed E-state index contributed by atoms with van der Waals surface area (Å²) >= 11 is 0. The summed E-state index contributed by atoms with van der Waals surface area (Å²) in [5, 5.41) is 2.62. The summed E-state index contributed by atoms with van der Waals surface area (Å²) in [5.74, 6) is -0.0521. The molecular formula is C16H21NO4. The zero-order valence-electron chi connectivity index (χ0n) is 13.1. The third-order valence-electron chi connectivity index (χ3n) is 2.37. The summed E-state index contributed by atoms with van der Waals surface area (Å²) in [5.41, 5.74) is 1.05. The smallest absolute Gasteiger partial charge is 0.412 e. The first-order valence-electron chi connectivity index (χ1n) is 6.57. The van der Waals surface area contributed by atoms with Gasteiger partial charge in [0, 0.05) is 11.3 Å². The minimum Gasteiger partial charge on any atom is -0.444 e. The van der Waals surface area contributed by atoms with E-state index in [-0.39, 0.29) is 0 Å². The van der Waals surface area contributed by atoms with Gasteiger partial charge in [-0.2, -0.15) is 0 Å². The number of nitrogens with one attached hydrogen (secondary N) is 1. The number of anilines is 1. The molecule has 0 radical (unpaired) electrons. The molecule has 0 atom stereocenters. The normalized spacial score (nSPS) is 10.7. The summed E-state index contributed by atoms with van der Waals surface area (Å²) in [6, 6.07) is 4.95. The molecule has 0 saturated carbocycles. The molecule has 0 aromatic heterocycles. The summed E-state index contributed by atoms with van der Waals surface area (Å²) in [6.45, 7) is 12.3. The van der Waals surface area contributed by atoms with Gasteiger partial charge in [-0.3, -0.25) is 5.32 Å². The number of hydrogen-bond acceptors (Lipinski definition) is 4. The van der Waals surface area contributed by atoms with Crippen molar-refractivity contribution in [3.63, 3.8) is 0 Å². The lowest BCUT2D eigenvalue weighted by atomic mass is 10.2. The lowest BCUT2D eigenvalue weighted by molar-refractivity contribution is -0.130. The van der Waals surface area contributed by atoms with Gasteiger partial charge >= 0.3 is 12.1 Å². The number of hydrogen-bond donors (Lipinski definition) is 1. The number of carbonyl (C=O) groups excluding carboxylic acids is 2. The van der Waals surface area contributed by atoms with Gasteiger partial charge in [-0.05, 0) is 58.4 Å². The number of amides is 1. The maximum atomic E-state index is 11.7. The number of benzene rings is 1. The standard InChI is InChI=1S/C16H21NO4/c1-10(2)14(18)20-13-8-7-12(9-11(13)3)17-15(19)21-16(4,5)6/h7-9H,1H2,2-6H3,(H,17,19). The van der Waals surface area contributed by atoms with Gasteiger partial charge in [-0.1, -0.05) is 6.58 Å². The third kappa shape index (κ3) is 5.69. The molecule has 0 unspecified atom stereocenters. The molecule has 1 N–H and O–H groups in total. The molecule has 0 aliphatic rings. The van der Waals surface area contributed by atoms with Crippen LogP contribution in [0.5, 0.6) is 5.75 Å². The van der Waals surface area contributed by atoms with Crippen molar-refractivity contribution in [1.82, 2.24) is 0 Å². The molecule has 114 valence electrons. The maximum absolute atomic E-state index is 11.7. The molecule has 1 amide bonds. The zero-order valence-corrected chi connectivity index (χ0v) is 13.1. The molecule has 0 heterocycles. The average molecular weight is 291 g/mol. The Morgan fingerprint density at radius 2 is 1.86 bits per heavy atom. The van der Waals surface area contributed by atoms with Crippen LogP contribution in [-0.2, 0) is 9.53 Å². The minimum atomic E-state index is -0.559. The van der Waals surface area contributed by atoms with E-state index in [0.29, 0.717) is 17.0 Å². The van der Waals surface area contributed by atoms with Gasteiger partial charge in [-0.25, -0.2) is 9.59 Å². The Hall–Kier alpha value is -2.30. The lowest BCUT2D eigenvalue weighted by Crippen LogP contribution is -2.27. The van der Waals surface area contributed by atoms with Gasteiger partial charge in [0.2, 0.25) is 0 Å². The Morgan fingerprint density at radius 3 is 2.33 bits per heavy atom. The van der Waals surface area contributed by atoms with Crippen LogP contribution in [0.3, 0.4) is 0 Å². The molecule has 21 heavy (non-hydrogen) atoms. The summed E-state index contributed by atoms with van der Waals surface area (Å²) in [6.07, 6.45) is -0.534. The maximum Gasteiger partial charge on any atom is 0.412 e. The summed E-state index contributed by atoms with van der Waals surface area (Å²) in [7, 11) is 0. The van der Waals surface area contributed by atoms with E-state index in [1.165, 1.54) is 0 Å². The van der Waals surface area contributed by atoms with Crippen LogP contribution in [0.4, 0.5) is 10.5 Å². The monoisotopic (exact) mass is 291 g/mol. The largest absolute Gasteiger partial charge is 0.444 e. The summed E-state index contributed by atoms with van der Waals surface area (Å²) < 4.78 is 10.3. The molecule has 5 nitrogen and oxygen atoms in total. The van der Waals surface area contributed by atoms with Crippen molar-refractivity contribution in [2.24, 2.45) is 0 Å². The Balaban J connectivity index is 2.76. The van der Waals surface area contributed by atoms with Crippen LogP contribution in [0.25, 0.3) is 0 Å². The van der Waals surface area contributed by atoms with E-state index in [4.69, 9.17) is 9.47 Å². The quantitative estimate of drug-likeness (QED) is 0.522. The van der Waals surface area contributed by atoms with Gasteiger partial charge in [0.25, 0.3) is 0 Å². The number of esters is 1. The predicted octanol–water partition coefficient (Wildman–Crippen LogP) is 3.82. The Kier molecular flexibility index (Phi) is 5.13. The second-order valence-electron chi connectivity index (χ2n) is 5.78. The van der Waals surface area contributed by atoms with Crippen LogP contribution in [-0.4, -0.2) is 17.7 Å². The van der Waals surface area contributed by atoms with Gasteiger partial charge < -0.3 is 9.47 Å². The molecule has 0 aliphatic heterocycles. The summed E-state index contributed by atoms with van der Waals surface area (Å²) in [4.78, 5) is 23.1. The van der Waals surface area contributed by atoms with Crippen LogP contribution in [0.15, 0.2) is 30.4 Å². The highest BCUT2D eigenvalue weighted by molar-refractivity contribution is 5.89. The van der Waals surface area contributed by atoms with Crippen LogP contribution in [0, 0.1) is 6.92 Å². The van der Waals surface area contributed by atoms with Gasteiger partial charge in [0.15, 0.2) is 0 Å². The van der Waals surface area contributed by atoms with E-state index in [0.717, 1.165) is 5.56 Å². The highest BCUT2D eigenvalue weighted by atomic mass is 16.6. The molecule has 1 aromatic carbocycles. The first-order valence-corrected chi connectivity index (χ1v) is 6.57. The first kappa shape index (κ1) is 16.8. The first-order chi connectivity index (χ1) is 9.58. The van der Waals surface area contributed by atoms with Crippen molar-refractivity contribution in [2.45, 2.75) is 40.2 Å². The molecule has 0 fully saturated rings. The second-order valence-corrected chi connectivity index (χ2v) is 5.78. The SMILES string of the molecule is C=C(C)C(=O)Oc1ccc(NC(=O)OC(C)(C)C)cc1C. The predicted molar refractivity (Wildman–Crippen MR) is 81.5 cm³/mol. The van der Waals surface area contributed by atoms with E-state index < -0.39 is 17.7 Å². The van der Waals surface area contributed by atoms with Crippen LogP contribution < -0.4 is 10.1 Å². The molecule has 1 aromatic rings.